The van der Waals surface area contributed by atoms with E-state index >= 15 is 0 Å². The van der Waals surface area contributed by atoms with Crippen LogP contribution in [-0.2, 0) is 11.2 Å². The molecule has 0 saturated heterocycles. The number of ketones is 1. The van der Waals surface area contributed by atoms with E-state index in [-0.39, 0.29) is 29.3 Å². The fourth-order valence-electron chi connectivity index (χ4n) is 2.35. The molecular weight excluding hydrogens is 314 g/mol. The van der Waals surface area contributed by atoms with Gasteiger partial charge in [-0.2, -0.15) is 0 Å². The van der Waals surface area contributed by atoms with Gasteiger partial charge in [0, 0.05) is 25.0 Å². The predicted molar refractivity (Wildman–Crippen MR) is 85.2 cm³/mol. The molecule has 0 radical (unpaired) electrons. The van der Waals surface area contributed by atoms with Crippen molar-refractivity contribution < 1.29 is 9.59 Å². The Balaban J connectivity index is 1.63. The van der Waals surface area contributed by atoms with E-state index in [0.29, 0.717) is 22.8 Å². The molecular formula is C15H15N5O2S. The van der Waals surface area contributed by atoms with Crippen LogP contribution in [0.2, 0.25) is 0 Å². The highest BCUT2D eigenvalue weighted by Gasteiger charge is 2.24. The van der Waals surface area contributed by atoms with Crippen LogP contribution in [0.25, 0.3) is 0 Å². The highest BCUT2D eigenvalue weighted by Crippen LogP contribution is 2.24. The van der Waals surface area contributed by atoms with Crippen molar-refractivity contribution in [1.82, 2.24) is 19.9 Å². The monoisotopic (exact) mass is 329 g/mol. The van der Waals surface area contributed by atoms with Gasteiger partial charge in [-0.3, -0.25) is 14.9 Å². The summed E-state index contributed by atoms with van der Waals surface area (Å²) in [5, 5.41) is 3.18. The molecule has 0 aliphatic heterocycles. The Labute approximate surface area is 137 Å². The van der Waals surface area contributed by atoms with Gasteiger partial charge >= 0.3 is 0 Å². The number of nitrogens with one attached hydrogen (secondary N) is 1. The Hall–Kier alpha value is -2.35. The molecule has 0 spiro atoms. The van der Waals surface area contributed by atoms with E-state index in [1.54, 1.807) is 18.5 Å². The van der Waals surface area contributed by atoms with E-state index in [9.17, 15) is 9.59 Å². The number of rotatable bonds is 4. The lowest BCUT2D eigenvalue weighted by atomic mass is 9.88. The van der Waals surface area contributed by atoms with Gasteiger partial charge in [0.05, 0.1) is 17.0 Å². The SMILES string of the molecule is C[C@@H]1CC(=O)c2cnc(NC(=O)CSc3ncccn3)nc2C1. The first-order valence-electron chi connectivity index (χ1n) is 7.20. The Morgan fingerprint density at radius 3 is 2.87 bits per heavy atom. The van der Waals surface area contributed by atoms with E-state index in [4.69, 9.17) is 0 Å². The molecule has 7 nitrogen and oxygen atoms in total. The molecule has 1 atom stereocenters. The zero-order valence-corrected chi connectivity index (χ0v) is 13.3. The lowest BCUT2D eigenvalue weighted by Gasteiger charge is -2.19. The number of amides is 1. The minimum absolute atomic E-state index is 0.0633. The van der Waals surface area contributed by atoms with Gasteiger partial charge in [0.2, 0.25) is 11.9 Å². The highest BCUT2D eigenvalue weighted by atomic mass is 32.2. The van der Waals surface area contributed by atoms with E-state index in [1.807, 2.05) is 6.92 Å². The van der Waals surface area contributed by atoms with Crippen LogP contribution in [0.4, 0.5) is 5.95 Å². The summed E-state index contributed by atoms with van der Waals surface area (Å²) in [5.41, 5.74) is 1.27. The fraction of sp³-hybridized carbons (Fsp3) is 0.333. The fourth-order valence-corrected chi connectivity index (χ4v) is 2.95. The molecule has 1 amide bonds. The standard InChI is InChI=1S/C15H15N5O2S/c1-9-5-11-10(12(21)6-9)7-18-14(19-11)20-13(22)8-23-15-16-3-2-4-17-15/h2-4,7,9H,5-6,8H2,1H3,(H,18,19,20,22)/t9-/m0/s1. The number of thioether (sulfide) groups is 1. The summed E-state index contributed by atoms with van der Waals surface area (Å²) < 4.78 is 0. The van der Waals surface area contributed by atoms with Crippen molar-refractivity contribution in [1.29, 1.82) is 0 Å². The molecule has 1 aliphatic rings. The van der Waals surface area contributed by atoms with E-state index in [0.717, 1.165) is 6.42 Å². The summed E-state index contributed by atoms with van der Waals surface area (Å²) in [7, 11) is 0. The first kappa shape index (κ1) is 15.5. The third kappa shape index (κ3) is 3.89. The van der Waals surface area contributed by atoms with Crippen LogP contribution >= 0.6 is 11.8 Å². The van der Waals surface area contributed by atoms with Crippen molar-refractivity contribution in [2.24, 2.45) is 5.92 Å². The molecule has 23 heavy (non-hydrogen) atoms. The summed E-state index contributed by atoms with van der Waals surface area (Å²) in [6.45, 7) is 2.01. The lowest BCUT2D eigenvalue weighted by Crippen LogP contribution is -2.22. The highest BCUT2D eigenvalue weighted by molar-refractivity contribution is 7.99. The van der Waals surface area contributed by atoms with Gasteiger partial charge in [-0.25, -0.2) is 19.9 Å². The Morgan fingerprint density at radius 2 is 2.09 bits per heavy atom. The van der Waals surface area contributed by atoms with Gasteiger partial charge in [0.1, 0.15) is 0 Å². The molecule has 2 aromatic heterocycles. The molecule has 3 rings (SSSR count). The molecule has 2 heterocycles. The van der Waals surface area contributed by atoms with Crippen molar-refractivity contribution in [2.45, 2.75) is 24.9 Å². The molecule has 0 saturated carbocycles. The van der Waals surface area contributed by atoms with Gasteiger partial charge in [0.15, 0.2) is 10.9 Å². The Bertz CT molecular complexity index is 738. The minimum Gasteiger partial charge on any atom is -0.294 e. The summed E-state index contributed by atoms with van der Waals surface area (Å²) in [6.07, 6.45) is 5.99. The molecule has 1 aliphatic carbocycles. The smallest absolute Gasteiger partial charge is 0.237 e. The van der Waals surface area contributed by atoms with Crippen LogP contribution in [0.15, 0.2) is 29.8 Å². The maximum atomic E-state index is 11.9. The average Bonchev–Trinajstić information content (AvgIpc) is 2.53. The topological polar surface area (TPSA) is 97.7 Å². The summed E-state index contributed by atoms with van der Waals surface area (Å²) in [5.74, 6) is 0.482. The van der Waals surface area contributed by atoms with Crippen LogP contribution in [0.5, 0.6) is 0 Å². The number of Topliss-reactive ketones (excluding diaryl/α,β-unsaturated/α-hetero) is 1. The van der Waals surface area contributed by atoms with Gasteiger partial charge in [-0.05, 0) is 18.4 Å². The molecule has 1 N–H and O–H groups in total. The molecule has 0 unspecified atom stereocenters. The zero-order chi connectivity index (χ0) is 16.2. The normalized spacial score (nSPS) is 16.7. The molecule has 0 fully saturated rings. The number of carbonyl (C=O) groups is 2. The summed E-state index contributed by atoms with van der Waals surface area (Å²) in [4.78, 5) is 40.3. The van der Waals surface area contributed by atoms with Crippen LogP contribution in [0, 0.1) is 5.92 Å². The van der Waals surface area contributed by atoms with Gasteiger partial charge < -0.3 is 0 Å². The number of anilines is 1. The number of fused-ring (bicyclic) bond motifs is 1. The van der Waals surface area contributed by atoms with Crippen molar-refractivity contribution in [3.8, 4) is 0 Å². The maximum Gasteiger partial charge on any atom is 0.237 e. The van der Waals surface area contributed by atoms with Gasteiger partial charge in [0.25, 0.3) is 0 Å². The second-order valence-electron chi connectivity index (χ2n) is 5.36. The van der Waals surface area contributed by atoms with Crippen LogP contribution in [-0.4, -0.2) is 37.4 Å². The molecule has 8 heteroatoms. The molecule has 2 aromatic rings. The van der Waals surface area contributed by atoms with Gasteiger partial charge in [-0.1, -0.05) is 18.7 Å². The number of aromatic nitrogens is 4. The summed E-state index contributed by atoms with van der Waals surface area (Å²) >= 11 is 1.23. The number of nitrogens with zero attached hydrogens (tertiary/aromatic N) is 4. The van der Waals surface area contributed by atoms with E-state index < -0.39 is 0 Å². The molecule has 0 aromatic carbocycles. The Morgan fingerprint density at radius 1 is 1.30 bits per heavy atom. The van der Waals surface area contributed by atoms with Crippen molar-refractivity contribution >= 4 is 29.4 Å². The second kappa shape index (κ2) is 6.82. The van der Waals surface area contributed by atoms with Crippen LogP contribution in [0.3, 0.4) is 0 Å². The summed E-state index contributed by atoms with van der Waals surface area (Å²) in [6, 6.07) is 1.72. The first-order chi connectivity index (χ1) is 11.1. The van der Waals surface area contributed by atoms with Crippen LogP contribution in [0.1, 0.15) is 29.4 Å². The third-order valence-corrected chi connectivity index (χ3v) is 4.24. The van der Waals surface area contributed by atoms with Crippen molar-refractivity contribution in [2.75, 3.05) is 11.1 Å². The minimum atomic E-state index is -0.238. The van der Waals surface area contributed by atoms with Crippen molar-refractivity contribution in [3.63, 3.8) is 0 Å². The largest absolute Gasteiger partial charge is 0.294 e. The third-order valence-electron chi connectivity index (χ3n) is 3.37. The maximum absolute atomic E-state index is 11.9. The number of hydrogen-bond donors (Lipinski definition) is 1. The molecule has 0 bridgehead atoms. The van der Waals surface area contributed by atoms with Crippen molar-refractivity contribution in [3.05, 3.63) is 35.9 Å². The van der Waals surface area contributed by atoms with E-state index in [2.05, 4.69) is 25.3 Å². The second-order valence-corrected chi connectivity index (χ2v) is 6.30. The first-order valence-corrected chi connectivity index (χ1v) is 8.19. The molecule has 118 valence electrons. The van der Waals surface area contributed by atoms with Crippen LogP contribution < -0.4 is 5.32 Å². The lowest BCUT2D eigenvalue weighted by molar-refractivity contribution is -0.113. The van der Waals surface area contributed by atoms with Gasteiger partial charge in [-0.15, -0.1) is 0 Å². The Kier molecular flexibility index (Phi) is 4.61. The van der Waals surface area contributed by atoms with E-state index in [1.165, 1.54) is 18.0 Å². The average molecular weight is 329 g/mol. The number of hydrogen-bond acceptors (Lipinski definition) is 7. The predicted octanol–water partition coefficient (Wildman–Crippen LogP) is 1.76. The zero-order valence-electron chi connectivity index (χ0n) is 12.5. The quantitative estimate of drug-likeness (QED) is 0.674. The number of carbonyl (C=O) groups excluding carboxylic acids is 2.